The third-order valence-electron chi connectivity index (χ3n) is 2.84. The average Bonchev–Trinajstić information content (AvgIpc) is 2.65. The van der Waals surface area contributed by atoms with Gasteiger partial charge in [-0.15, -0.1) is 0 Å². The zero-order chi connectivity index (χ0) is 12.6. The summed E-state index contributed by atoms with van der Waals surface area (Å²) in [5.41, 5.74) is 0. The number of amides is 1. The highest BCUT2D eigenvalue weighted by Gasteiger charge is 2.41. The van der Waals surface area contributed by atoms with E-state index in [-0.39, 0.29) is 19.1 Å². The third kappa shape index (κ3) is 2.40. The molecule has 0 bridgehead atoms. The molecule has 4 atom stereocenters. The van der Waals surface area contributed by atoms with Crippen LogP contribution in [0.3, 0.4) is 0 Å². The van der Waals surface area contributed by atoms with E-state index in [9.17, 15) is 15.0 Å². The maximum Gasteiger partial charge on any atom is 0.262 e. The minimum atomic E-state index is -1.19. The molecule has 17 heavy (non-hydrogen) atoms. The first kappa shape index (κ1) is 13.0. The predicted octanol–water partition coefficient (Wildman–Crippen LogP) is -1.91. The summed E-state index contributed by atoms with van der Waals surface area (Å²) in [7, 11) is 0. The van der Waals surface area contributed by atoms with Crippen molar-refractivity contribution < 1.29 is 24.9 Å². The lowest BCUT2D eigenvalue weighted by Gasteiger charge is -2.36. The fourth-order valence-electron chi connectivity index (χ4n) is 1.89. The molecule has 8 heteroatoms. The molecule has 96 valence electrons. The van der Waals surface area contributed by atoms with Crippen LogP contribution in [0.1, 0.15) is 0 Å². The third-order valence-corrected chi connectivity index (χ3v) is 3.61. The van der Waals surface area contributed by atoms with Gasteiger partial charge in [-0.25, -0.2) is 0 Å². The van der Waals surface area contributed by atoms with Crippen LogP contribution in [-0.2, 0) is 9.53 Å². The van der Waals surface area contributed by atoms with Gasteiger partial charge in [0.15, 0.2) is 0 Å². The number of hydrogen-bond donors (Lipinski definition) is 4. The lowest BCUT2D eigenvalue weighted by molar-refractivity contribution is -0.127. The van der Waals surface area contributed by atoms with Gasteiger partial charge < -0.3 is 30.3 Å². The summed E-state index contributed by atoms with van der Waals surface area (Å²) in [5, 5.41) is 30.9. The minimum absolute atomic E-state index is 0.180. The monoisotopic (exact) mass is 356 g/mol. The molecule has 1 amide bonds. The van der Waals surface area contributed by atoms with Crippen LogP contribution in [0.5, 0.6) is 0 Å². The summed E-state index contributed by atoms with van der Waals surface area (Å²) >= 11 is 1.84. The Balaban J connectivity index is 2.15. The van der Waals surface area contributed by atoms with Gasteiger partial charge in [0.05, 0.1) is 22.8 Å². The molecule has 2 aliphatic rings. The van der Waals surface area contributed by atoms with Gasteiger partial charge >= 0.3 is 0 Å². The minimum Gasteiger partial charge on any atom is -0.394 e. The Morgan fingerprint density at radius 2 is 2.29 bits per heavy atom. The van der Waals surface area contributed by atoms with Crippen molar-refractivity contribution >= 4 is 28.5 Å². The van der Waals surface area contributed by atoms with E-state index in [2.05, 4.69) is 5.32 Å². The van der Waals surface area contributed by atoms with E-state index in [0.29, 0.717) is 3.58 Å². The first-order valence-corrected chi connectivity index (χ1v) is 6.16. The molecule has 2 aliphatic heterocycles. The van der Waals surface area contributed by atoms with Crippen LogP contribution >= 0.6 is 22.6 Å². The molecule has 4 N–H and O–H groups in total. The molecular weight excluding hydrogens is 343 g/mol. The quantitative estimate of drug-likeness (QED) is 0.431. The Labute approximate surface area is 111 Å². The molecule has 1 fully saturated rings. The Morgan fingerprint density at radius 1 is 1.59 bits per heavy atom. The van der Waals surface area contributed by atoms with Crippen molar-refractivity contribution in [2.24, 2.45) is 0 Å². The predicted molar refractivity (Wildman–Crippen MR) is 64.7 cm³/mol. The smallest absolute Gasteiger partial charge is 0.262 e. The van der Waals surface area contributed by atoms with Gasteiger partial charge in [-0.3, -0.25) is 4.79 Å². The second kappa shape index (κ2) is 5.06. The zero-order valence-corrected chi connectivity index (χ0v) is 10.9. The van der Waals surface area contributed by atoms with Gasteiger partial charge in [0.25, 0.3) is 5.91 Å². The molecule has 4 unspecified atom stereocenters. The van der Waals surface area contributed by atoms with Gasteiger partial charge in [-0.05, 0) is 22.6 Å². The fourth-order valence-corrected chi connectivity index (χ4v) is 2.37. The van der Waals surface area contributed by atoms with Crippen molar-refractivity contribution in [3.05, 3.63) is 9.78 Å². The average molecular weight is 356 g/mol. The van der Waals surface area contributed by atoms with Crippen molar-refractivity contribution in [3.63, 3.8) is 0 Å². The molecular formula is C9H13IN2O5. The number of nitrogens with one attached hydrogen (secondary N) is 1. The first-order valence-electron chi connectivity index (χ1n) is 5.09. The van der Waals surface area contributed by atoms with Crippen molar-refractivity contribution in [1.29, 1.82) is 0 Å². The molecule has 1 saturated heterocycles. The summed E-state index contributed by atoms with van der Waals surface area (Å²) in [6.45, 7) is -0.103. The van der Waals surface area contributed by atoms with Gasteiger partial charge in [-0.2, -0.15) is 0 Å². The second-order valence-electron chi connectivity index (χ2n) is 3.88. The number of carbonyl (C=O) groups is 1. The van der Waals surface area contributed by atoms with E-state index in [1.165, 1.54) is 11.1 Å². The number of nitrogens with zero attached hydrogens (tertiary/aromatic N) is 1. The van der Waals surface area contributed by atoms with Gasteiger partial charge in [-0.1, -0.05) is 0 Å². The van der Waals surface area contributed by atoms with Crippen molar-refractivity contribution in [3.8, 4) is 0 Å². The van der Waals surface area contributed by atoms with E-state index >= 15 is 0 Å². The zero-order valence-electron chi connectivity index (χ0n) is 8.78. The van der Waals surface area contributed by atoms with Crippen LogP contribution in [0.4, 0.5) is 0 Å². The fraction of sp³-hybridized carbons (Fsp3) is 0.667. The Bertz CT molecular complexity index is 350. The highest BCUT2D eigenvalue weighted by atomic mass is 127. The van der Waals surface area contributed by atoms with Crippen LogP contribution in [0.25, 0.3) is 0 Å². The molecule has 0 spiro atoms. The molecule has 0 aliphatic carbocycles. The van der Waals surface area contributed by atoms with Crippen LogP contribution in [0.2, 0.25) is 0 Å². The number of rotatable bonds is 2. The van der Waals surface area contributed by atoms with Crippen molar-refractivity contribution in [2.75, 3.05) is 13.2 Å². The molecule has 2 rings (SSSR count). The molecule has 0 aromatic carbocycles. The lowest BCUT2D eigenvalue weighted by atomic mass is 10.1. The standard InChI is InChI=1S/C9H13IN2O5/c10-4-1-12(9(16)11-8(4)15)5-3-17-6(2-13)7(5)14/h1,5-7,9,13-14,16H,2-3H2,(H,11,15). The van der Waals surface area contributed by atoms with Crippen LogP contribution < -0.4 is 5.32 Å². The number of halogens is 1. The summed E-state index contributed by atoms with van der Waals surface area (Å²) < 4.78 is 5.60. The van der Waals surface area contributed by atoms with Gasteiger partial charge in [0, 0.05) is 6.20 Å². The van der Waals surface area contributed by atoms with E-state index in [4.69, 9.17) is 9.84 Å². The molecule has 0 saturated carbocycles. The van der Waals surface area contributed by atoms with Gasteiger partial charge in [0.2, 0.25) is 6.35 Å². The molecule has 2 heterocycles. The lowest BCUT2D eigenvalue weighted by Crippen LogP contribution is -2.56. The Hall–Kier alpha value is -0.420. The van der Waals surface area contributed by atoms with Crippen molar-refractivity contribution in [2.45, 2.75) is 24.6 Å². The Kier molecular flexibility index (Phi) is 3.88. The number of aliphatic hydroxyl groups excluding tert-OH is 3. The van der Waals surface area contributed by atoms with E-state index < -0.39 is 24.6 Å². The second-order valence-corrected chi connectivity index (χ2v) is 5.05. The topological polar surface area (TPSA) is 102 Å². The Morgan fingerprint density at radius 3 is 2.88 bits per heavy atom. The highest BCUT2D eigenvalue weighted by molar-refractivity contribution is 14.1. The number of ether oxygens (including phenoxy) is 1. The molecule has 0 aromatic heterocycles. The van der Waals surface area contributed by atoms with E-state index in [1.807, 2.05) is 22.6 Å². The number of carbonyl (C=O) groups excluding carboxylic acids is 1. The summed E-state index contributed by atoms with van der Waals surface area (Å²) in [6.07, 6.45) is -1.29. The summed E-state index contributed by atoms with van der Waals surface area (Å²) in [5.74, 6) is -0.360. The SMILES string of the molecule is O=C1NC(O)N(C2COC(CO)C2O)C=C1I. The maximum absolute atomic E-state index is 11.3. The normalized spacial score (nSPS) is 38.0. The van der Waals surface area contributed by atoms with Crippen LogP contribution in [0, 0.1) is 0 Å². The van der Waals surface area contributed by atoms with Crippen LogP contribution in [0.15, 0.2) is 9.78 Å². The first-order chi connectivity index (χ1) is 8.04. The summed E-state index contributed by atoms with van der Waals surface area (Å²) in [4.78, 5) is 12.7. The number of aliphatic hydroxyl groups is 3. The van der Waals surface area contributed by atoms with Crippen LogP contribution in [-0.4, -0.2) is 63.9 Å². The maximum atomic E-state index is 11.3. The van der Waals surface area contributed by atoms with E-state index in [1.54, 1.807) is 0 Å². The largest absolute Gasteiger partial charge is 0.394 e. The number of hydrogen-bond acceptors (Lipinski definition) is 6. The van der Waals surface area contributed by atoms with Gasteiger partial charge in [0.1, 0.15) is 12.2 Å². The van der Waals surface area contributed by atoms with E-state index in [0.717, 1.165) is 0 Å². The molecule has 0 aromatic rings. The molecule has 0 radical (unpaired) electrons. The summed E-state index contributed by atoms with van der Waals surface area (Å²) in [6, 6.07) is -0.493. The highest BCUT2D eigenvalue weighted by Crippen LogP contribution is 2.24. The van der Waals surface area contributed by atoms with Crippen molar-refractivity contribution in [1.82, 2.24) is 10.2 Å². The molecule has 7 nitrogen and oxygen atoms in total.